The van der Waals surface area contributed by atoms with Gasteiger partial charge in [0.15, 0.2) is 11.5 Å². The summed E-state index contributed by atoms with van der Waals surface area (Å²) in [5, 5.41) is 3.19. The van der Waals surface area contributed by atoms with Crippen molar-refractivity contribution in [3.8, 4) is 11.5 Å². The number of ether oxygens (including phenoxy) is 3. The molecule has 0 radical (unpaired) electrons. The van der Waals surface area contributed by atoms with Crippen LogP contribution in [-0.4, -0.2) is 32.8 Å². The molecule has 5 nitrogen and oxygen atoms in total. The number of esters is 1. The van der Waals surface area contributed by atoms with E-state index < -0.39 is 0 Å². The molecule has 0 bridgehead atoms. The van der Waals surface area contributed by atoms with Crippen LogP contribution < -0.4 is 14.8 Å². The van der Waals surface area contributed by atoms with Gasteiger partial charge in [0.1, 0.15) is 0 Å². The lowest BCUT2D eigenvalue weighted by molar-refractivity contribution is -0.140. The van der Waals surface area contributed by atoms with Crippen molar-refractivity contribution >= 4 is 5.97 Å². The zero-order valence-corrected chi connectivity index (χ0v) is 11.1. The van der Waals surface area contributed by atoms with Crippen LogP contribution in [0.25, 0.3) is 0 Å². The van der Waals surface area contributed by atoms with Crippen LogP contribution in [0.5, 0.6) is 11.5 Å². The van der Waals surface area contributed by atoms with E-state index in [0.717, 1.165) is 23.5 Å². The molecule has 1 aromatic rings. The van der Waals surface area contributed by atoms with Crippen molar-refractivity contribution < 1.29 is 19.0 Å². The Morgan fingerprint density at radius 1 is 1.32 bits per heavy atom. The number of hydrogen-bond donors (Lipinski definition) is 1. The minimum absolute atomic E-state index is 0.203. The largest absolute Gasteiger partial charge is 0.490 e. The molecular formula is C14H19NO4. The maximum Gasteiger partial charge on any atom is 0.306 e. The van der Waals surface area contributed by atoms with E-state index in [9.17, 15) is 4.79 Å². The third kappa shape index (κ3) is 4.13. The van der Waals surface area contributed by atoms with Gasteiger partial charge in [-0.1, -0.05) is 6.07 Å². The Morgan fingerprint density at radius 2 is 2.11 bits per heavy atom. The van der Waals surface area contributed by atoms with Crippen molar-refractivity contribution in [3.63, 3.8) is 0 Å². The monoisotopic (exact) mass is 265 g/mol. The number of methoxy groups -OCH3 is 1. The van der Waals surface area contributed by atoms with Crippen LogP contribution >= 0.6 is 0 Å². The topological polar surface area (TPSA) is 56.8 Å². The summed E-state index contributed by atoms with van der Waals surface area (Å²) in [6, 6.07) is 5.91. The Labute approximate surface area is 112 Å². The summed E-state index contributed by atoms with van der Waals surface area (Å²) in [7, 11) is 1.39. The average Bonchev–Trinajstić information content (AvgIpc) is 2.68. The molecule has 0 fully saturated rings. The summed E-state index contributed by atoms with van der Waals surface area (Å²) in [5.41, 5.74) is 1.11. The van der Waals surface area contributed by atoms with E-state index in [2.05, 4.69) is 10.1 Å². The molecule has 104 valence electrons. The number of carbonyl (C=O) groups excluding carboxylic acids is 1. The van der Waals surface area contributed by atoms with E-state index >= 15 is 0 Å². The third-order valence-electron chi connectivity index (χ3n) is 2.87. The number of hydrogen-bond acceptors (Lipinski definition) is 5. The van der Waals surface area contributed by atoms with Crippen LogP contribution in [0.1, 0.15) is 18.4 Å². The molecule has 1 aliphatic heterocycles. The highest BCUT2D eigenvalue weighted by atomic mass is 16.5. The van der Waals surface area contributed by atoms with Gasteiger partial charge in [0.25, 0.3) is 0 Å². The summed E-state index contributed by atoms with van der Waals surface area (Å²) < 4.78 is 15.8. The Hall–Kier alpha value is -1.75. The predicted molar refractivity (Wildman–Crippen MR) is 70.4 cm³/mol. The molecule has 0 amide bonds. The fraction of sp³-hybridized carbons (Fsp3) is 0.500. The normalized spacial score (nSPS) is 13.7. The molecule has 0 saturated carbocycles. The van der Waals surface area contributed by atoms with Gasteiger partial charge in [-0.3, -0.25) is 4.79 Å². The first-order valence-electron chi connectivity index (χ1n) is 6.45. The van der Waals surface area contributed by atoms with Gasteiger partial charge in [0.2, 0.25) is 0 Å². The first kappa shape index (κ1) is 13.7. The molecule has 5 heteroatoms. The summed E-state index contributed by atoms with van der Waals surface area (Å²) in [6.45, 7) is 2.67. The van der Waals surface area contributed by atoms with Crippen molar-refractivity contribution in [2.75, 3.05) is 26.9 Å². The second kappa shape index (κ2) is 6.99. The van der Waals surface area contributed by atoms with Crippen molar-refractivity contribution in [1.29, 1.82) is 0 Å². The van der Waals surface area contributed by atoms with E-state index in [4.69, 9.17) is 9.47 Å². The maximum absolute atomic E-state index is 11.0. The third-order valence-corrected chi connectivity index (χ3v) is 2.87. The number of rotatable bonds is 5. The highest BCUT2D eigenvalue weighted by Gasteiger charge is 2.10. The van der Waals surface area contributed by atoms with E-state index in [1.807, 2.05) is 18.2 Å². The maximum atomic E-state index is 11.0. The summed E-state index contributed by atoms with van der Waals surface area (Å²) in [6.07, 6.45) is 1.28. The Balaban J connectivity index is 1.84. The van der Waals surface area contributed by atoms with Gasteiger partial charge in [-0.05, 0) is 17.7 Å². The van der Waals surface area contributed by atoms with Crippen LogP contribution in [0.15, 0.2) is 18.2 Å². The Morgan fingerprint density at radius 3 is 2.89 bits per heavy atom. The molecule has 0 aromatic heterocycles. The lowest BCUT2D eigenvalue weighted by Gasteiger charge is -2.10. The molecule has 2 rings (SSSR count). The molecule has 1 aromatic carbocycles. The van der Waals surface area contributed by atoms with Gasteiger partial charge in [0.05, 0.1) is 26.7 Å². The van der Waals surface area contributed by atoms with Crippen molar-refractivity contribution in [1.82, 2.24) is 5.32 Å². The van der Waals surface area contributed by atoms with Crippen LogP contribution in [0.4, 0.5) is 0 Å². The van der Waals surface area contributed by atoms with E-state index in [0.29, 0.717) is 32.7 Å². The van der Waals surface area contributed by atoms with Gasteiger partial charge in [-0.2, -0.15) is 0 Å². The minimum Gasteiger partial charge on any atom is -0.490 e. The van der Waals surface area contributed by atoms with E-state index in [1.165, 1.54) is 7.11 Å². The number of nitrogens with one attached hydrogen (secondary N) is 1. The minimum atomic E-state index is -0.203. The molecule has 0 unspecified atom stereocenters. The quantitative estimate of drug-likeness (QED) is 0.646. The fourth-order valence-corrected chi connectivity index (χ4v) is 1.84. The van der Waals surface area contributed by atoms with Crippen LogP contribution in [-0.2, 0) is 16.1 Å². The molecule has 0 atom stereocenters. The SMILES string of the molecule is COC(=O)CCNCc1ccc2c(c1)OCCCO2. The van der Waals surface area contributed by atoms with Gasteiger partial charge < -0.3 is 19.5 Å². The fourth-order valence-electron chi connectivity index (χ4n) is 1.84. The molecule has 1 N–H and O–H groups in total. The summed E-state index contributed by atoms with van der Waals surface area (Å²) in [5.74, 6) is 1.40. The zero-order chi connectivity index (χ0) is 13.5. The summed E-state index contributed by atoms with van der Waals surface area (Å²) in [4.78, 5) is 11.0. The second-order valence-electron chi connectivity index (χ2n) is 4.33. The lowest BCUT2D eigenvalue weighted by atomic mass is 10.2. The molecule has 19 heavy (non-hydrogen) atoms. The standard InChI is InChI=1S/C14H19NO4/c1-17-14(16)5-6-15-10-11-3-4-12-13(9-11)19-8-2-7-18-12/h3-4,9,15H,2,5-8,10H2,1H3. The molecule has 1 aliphatic rings. The number of benzene rings is 1. The first-order valence-corrected chi connectivity index (χ1v) is 6.45. The first-order chi connectivity index (χ1) is 9.29. The number of fused-ring (bicyclic) bond motifs is 1. The Bertz CT molecular complexity index is 433. The predicted octanol–water partition coefficient (Wildman–Crippen LogP) is 1.50. The molecule has 1 heterocycles. The van der Waals surface area contributed by atoms with Crippen molar-refractivity contribution in [2.24, 2.45) is 0 Å². The Kier molecular flexibility index (Phi) is 5.03. The molecule has 0 saturated heterocycles. The average molecular weight is 265 g/mol. The highest BCUT2D eigenvalue weighted by Crippen LogP contribution is 2.30. The van der Waals surface area contributed by atoms with Gasteiger partial charge >= 0.3 is 5.97 Å². The second-order valence-corrected chi connectivity index (χ2v) is 4.33. The van der Waals surface area contributed by atoms with Crippen LogP contribution in [0.3, 0.4) is 0 Å². The number of carbonyl (C=O) groups is 1. The smallest absolute Gasteiger partial charge is 0.306 e. The lowest BCUT2D eigenvalue weighted by Crippen LogP contribution is -2.18. The van der Waals surface area contributed by atoms with Crippen molar-refractivity contribution in [2.45, 2.75) is 19.4 Å². The molecular weight excluding hydrogens is 246 g/mol. The highest BCUT2D eigenvalue weighted by molar-refractivity contribution is 5.69. The summed E-state index contributed by atoms with van der Waals surface area (Å²) >= 11 is 0. The van der Waals surface area contributed by atoms with Gasteiger partial charge in [0, 0.05) is 19.5 Å². The van der Waals surface area contributed by atoms with Crippen LogP contribution in [0.2, 0.25) is 0 Å². The molecule has 0 spiro atoms. The zero-order valence-electron chi connectivity index (χ0n) is 11.1. The van der Waals surface area contributed by atoms with Gasteiger partial charge in [-0.15, -0.1) is 0 Å². The van der Waals surface area contributed by atoms with E-state index in [1.54, 1.807) is 0 Å². The van der Waals surface area contributed by atoms with Crippen LogP contribution in [0, 0.1) is 0 Å². The molecule has 0 aliphatic carbocycles. The van der Waals surface area contributed by atoms with E-state index in [-0.39, 0.29) is 5.97 Å². The van der Waals surface area contributed by atoms with Crippen molar-refractivity contribution in [3.05, 3.63) is 23.8 Å². The van der Waals surface area contributed by atoms with Gasteiger partial charge in [-0.25, -0.2) is 0 Å².